The normalized spacial score (nSPS) is 12.3. The Morgan fingerprint density at radius 3 is 2.17 bits per heavy atom. The molecule has 30 heavy (non-hydrogen) atoms. The molecular weight excluding hydrogens is 392 g/mol. The van der Waals surface area contributed by atoms with Crippen LogP contribution in [0.5, 0.6) is 0 Å². The number of hydrogen-bond donors (Lipinski definition) is 2. The number of rotatable bonds is 4. The minimum Gasteiger partial charge on any atom is -0.358 e. The van der Waals surface area contributed by atoms with Gasteiger partial charge in [-0.25, -0.2) is 8.42 Å². The molecule has 3 aromatic carbocycles. The first-order chi connectivity index (χ1) is 14.1. The number of aryl methyl sites for hydroxylation is 1. The zero-order valence-corrected chi connectivity index (χ0v) is 18.5. The number of hydrogen-bond acceptors (Lipinski definition) is 2. The quantitative estimate of drug-likeness (QED) is 0.412. The van der Waals surface area contributed by atoms with Crippen LogP contribution in [0.1, 0.15) is 32.0 Å². The van der Waals surface area contributed by atoms with Crippen LogP contribution in [-0.4, -0.2) is 13.4 Å². The van der Waals surface area contributed by atoms with Gasteiger partial charge in [-0.1, -0.05) is 63.2 Å². The monoisotopic (exact) mass is 418 g/mol. The summed E-state index contributed by atoms with van der Waals surface area (Å²) < 4.78 is 28.6. The molecule has 0 atom stereocenters. The summed E-state index contributed by atoms with van der Waals surface area (Å²) in [6.45, 7) is 8.34. The second-order valence-electron chi connectivity index (χ2n) is 8.63. The number of sulfonamides is 1. The summed E-state index contributed by atoms with van der Waals surface area (Å²) in [5.41, 5.74) is 5.82. The van der Waals surface area contributed by atoms with E-state index in [-0.39, 0.29) is 10.3 Å². The zero-order chi connectivity index (χ0) is 21.5. The van der Waals surface area contributed by atoms with Crippen molar-refractivity contribution in [2.24, 2.45) is 0 Å². The summed E-state index contributed by atoms with van der Waals surface area (Å²) in [6.07, 6.45) is 0. The average Bonchev–Trinajstić information content (AvgIpc) is 3.03. The molecule has 0 fully saturated rings. The molecule has 4 aromatic rings. The van der Waals surface area contributed by atoms with E-state index < -0.39 is 10.0 Å². The van der Waals surface area contributed by atoms with Gasteiger partial charge in [-0.05, 0) is 53.8 Å². The van der Waals surface area contributed by atoms with Crippen LogP contribution in [0.3, 0.4) is 0 Å². The Hall–Kier alpha value is -3.05. The summed E-state index contributed by atoms with van der Waals surface area (Å²) in [6, 6.07) is 22.8. The minimum atomic E-state index is -3.68. The van der Waals surface area contributed by atoms with E-state index >= 15 is 0 Å². The highest BCUT2D eigenvalue weighted by molar-refractivity contribution is 7.92. The van der Waals surface area contributed by atoms with Crippen molar-refractivity contribution in [1.29, 1.82) is 0 Å². The first-order valence-electron chi connectivity index (χ1n) is 9.96. The van der Waals surface area contributed by atoms with Crippen LogP contribution in [0, 0.1) is 6.92 Å². The Bertz CT molecular complexity index is 1300. The first-order valence-corrected chi connectivity index (χ1v) is 11.4. The molecule has 0 saturated heterocycles. The molecule has 0 radical (unpaired) electrons. The van der Waals surface area contributed by atoms with E-state index in [9.17, 15) is 8.42 Å². The molecule has 0 bridgehead atoms. The largest absolute Gasteiger partial charge is 0.358 e. The molecule has 5 heteroatoms. The van der Waals surface area contributed by atoms with Gasteiger partial charge in [0.2, 0.25) is 0 Å². The molecule has 0 aliphatic carbocycles. The second-order valence-corrected chi connectivity index (χ2v) is 10.3. The van der Waals surface area contributed by atoms with E-state index in [1.54, 1.807) is 18.2 Å². The zero-order valence-electron chi connectivity index (χ0n) is 17.7. The lowest BCUT2D eigenvalue weighted by atomic mass is 9.87. The van der Waals surface area contributed by atoms with Gasteiger partial charge >= 0.3 is 0 Å². The van der Waals surface area contributed by atoms with Crippen LogP contribution >= 0.6 is 0 Å². The van der Waals surface area contributed by atoms with Crippen LogP contribution in [0.15, 0.2) is 77.7 Å². The molecular formula is C25H26N2O2S. The molecule has 0 amide bonds. The molecule has 0 aliphatic heterocycles. The maximum atomic E-state index is 12.9. The Balaban J connectivity index is 1.70. The molecule has 1 heterocycles. The van der Waals surface area contributed by atoms with Crippen molar-refractivity contribution in [3.63, 3.8) is 0 Å². The molecule has 0 unspecified atom stereocenters. The van der Waals surface area contributed by atoms with Crippen LogP contribution in [0.25, 0.3) is 22.0 Å². The Morgan fingerprint density at radius 1 is 0.867 bits per heavy atom. The van der Waals surface area contributed by atoms with Crippen molar-refractivity contribution in [1.82, 2.24) is 4.98 Å². The molecule has 0 saturated carbocycles. The number of aromatic nitrogens is 1. The van der Waals surface area contributed by atoms with Gasteiger partial charge < -0.3 is 4.98 Å². The lowest BCUT2D eigenvalue weighted by Crippen LogP contribution is -2.14. The number of anilines is 1. The lowest BCUT2D eigenvalue weighted by molar-refractivity contribution is 0.587. The second kappa shape index (κ2) is 7.33. The van der Waals surface area contributed by atoms with E-state index in [4.69, 9.17) is 0 Å². The Kier molecular flexibility index (Phi) is 4.94. The predicted molar refractivity (Wildman–Crippen MR) is 124 cm³/mol. The van der Waals surface area contributed by atoms with Crippen molar-refractivity contribution in [3.05, 3.63) is 84.1 Å². The maximum absolute atomic E-state index is 12.9. The first kappa shape index (κ1) is 20.2. The van der Waals surface area contributed by atoms with Crippen molar-refractivity contribution in [2.45, 2.75) is 38.0 Å². The topological polar surface area (TPSA) is 62.0 Å². The average molecular weight is 419 g/mol. The van der Waals surface area contributed by atoms with Crippen molar-refractivity contribution < 1.29 is 8.42 Å². The van der Waals surface area contributed by atoms with Crippen molar-refractivity contribution in [2.75, 3.05) is 4.72 Å². The van der Waals surface area contributed by atoms with Crippen LogP contribution < -0.4 is 4.72 Å². The number of fused-ring (bicyclic) bond motifs is 1. The van der Waals surface area contributed by atoms with Gasteiger partial charge in [0.1, 0.15) is 0 Å². The van der Waals surface area contributed by atoms with E-state index in [1.807, 2.05) is 49.4 Å². The lowest BCUT2D eigenvalue weighted by Gasteiger charge is -2.19. The number of H-pyrrole nitrogens is 1. The highest BCUT2D eigenvalue weighted by Crippen LogP contribution is 2.34. The third kappa shape index (κ3) is 3.85. The van der Waals surface area contributed by atoms with Crippen molar-refractivity contribution >= 4 is 26.6 Å². The number of aromatic amines is 1. The molecule has 4 rings (SSSR count). The van der Waals surface area contributed by atoms with Gasteiger partial charge in [0.15, 0.2) is 0 Å². The minimum absolute atomic E-state index is 0.0270. The van der Waals surface area contributed by atoms with Crippen LogP contribution in [0.4, 0.5) is 5.69 Å². The van der Waals surface area contributed by atoms with E-state index in [0.717, 1.165) is 33.3 Å². The van der Waals surface area contributed by atoms with Gasteiger partial charge in [-0.3, -0.25) is 4.72 Å². The van der Waals surface area contributed by atoms with Gasteiger partial charge in [-0.2, -0.15) is 0 Å². The van der Waals surface area contributed by atoms with E-state index in [2.05, 4.69) is 42.6 Å². The van der Waals surface area contributed by atoms with Crippen LogP contribution in [0.2, 0.25) is 0 Å². The fourth-order valence-electron chi connectivity index (χ4n) is 3.72. The van der Waals surface area contributed by atoms with Crippen molar-refractivity contribution in [3.8, 4) is 11.1 Å². The third-order valence-electron chi connectivity index (χ3n) is 5.33. The fraction of sp³-hybridized carbons (Fsp3) is 0.200. The number of nitrogens with one attached hydrogen (secondary N) is 2. The molecule has 2 N–H and O–H groups in total. The predicted octanol–water partition coefficient (Wildman–Crippen LogP) is 6.24. The molecule has 4 nitrogen and oxygen atoms in total. The van der Waals surface area contributed by atoms with Gasteiger partial charge in [-0.15, -0.1) is 0 Å². The molecule has 1 aromatic heterocycles. The summed E-state index contributed by atoms with van der Waals surface area (Å²) in [5.74, 6) is 0. The highest BCUT2D eigenvalue weighted by Gasteiger charge is 2.18. The van der Waals surface area contributed by atoms with E-state index in [1.165, 1.54) is 0 Å². The molecule has 0 spiro atoms. The summed E-state index contributed by atoms with van der Waals surface area (Å²) in [4.78, 5) is 3.64. The molecule has 0 aliphatic rings. The summed E-state index contributed by atoms with van der Waals surface area (Å²) >= 11 is 0. The Labute approximate surface area is 178 Å². The SMILES string of the molecule is Cc1[nH]c2ccc(NS(=O)(=O)c3ccc(C(C)(C)C)cc3)cc2c1-c1ccccc1. The van der Waals surface area contributed by atoms with E-state index in [0.29, 0.717) is 5.69 Å². The number of benzene rings is 3. The summed E-state index contributed by atoms with van der Waals surface area (Å²) in [5, 5.41) is 0.988. The standard InChI is InChI=1S/C25H26N2O2S/c1-17-24(18-8-6-5-7-9-18)22-16-20(12-15-23(22)26-17)27-30(28,29)21-13-10-19(11-14-21)25(2,3)4/h5-16,26-27H,1-4H3. The maximum Gasteiger partial charge on any atom is 0.261 e. The highest BCUT2D eigenvalue weighted by atomic mass is 32.2. The van der Waals surface area contributed by atoms with Crippen LogP contribution in [-0.2, 0) is 15.4 Å². The van der Waals surface area contributed by atoms with Gasteiger partial charge in [0, 0.05) is 27.8 Å². The van der Waals surface area contributed by atoms with Gasteiger partial charge in [0.05, 0.1) is 4.90 Å². The third-order valence-corrected chi connectivity index (χ3v) is 6.73. The Morgan fingerprint density at radius 2 is 1.53 bits per heavy atom. The van der Waals surface area contributed by atoms with Gasteiger partial charge in [0.25, 0.3) is 10.0 Å². The summed E-state index contributed by atoms with van der Waals surface area (Å²) in [7, 11) is -3.68. The fourth-order valence-corrected chi connectivity index (χ4v) is 4.76. The molecule has 154 valence electrons. The smallest absolute Gasteiger partial charge is 0.261 e.